The second kappa shape index (κ2) is 5.92. The highest BCUT2D eigenvalue weighted by atomic mass is 16.4. The van der Waals surface area contributed by atoms with E-state index in [4.69, 9.17) is 5.73 Å². The van der Waals surface area contributed by atoms with Crippen LogP contribution in [0.4, 0.5) is 5.82 Å². The number of fused-ring (bicyclic) bond motifs is 1. The van der Waals surface area contributed by atoms with E-state index in [1.54, 1.807) is 4.68 Å². The highest BCUT2D eigenvalue weighted by Gasteiger charge is 2.23. The number of nitrogens with zero attached hydrogens (tertiary/aromatic N) is 2. The average molecular weight is 337 g/mol. The molecule has 3 rings (SSSR count). The first-order valence-corrected chi connectivity index (χ1v) is 8.38. The Morgan fingerprint density at radius 3 is 2.48 bits per heavy atom. The van der Waals surface area contributed by atoms with Crippen molar-refractivity contribution in [1.29, 1.82) is 0 Å². The zero-order valence-corrected chi connectivity index (χ0v) is 15.0. The summed E-state index contributed by atoms with van der Waals surface area (Å²) in [5.41, 5.74) is 8.74. The van der Waals surface area contributed by atoms with Crippen LogP contribution in [0.15, 0.2) is 36.4 Å². The van der Waals surface area contributed by atoms with Crippen LogP contribution in [0.5, 0.6) is 0 Å². The number of carboxylic acids is 1. The van der Waals surface area contributed by atoms with Gasteiger partial charge in [0.25, 0.3) is 0 Å². The molecule has 0 fully saturated rings. The van der Waals surface area contributed by atoms with E-state index in [2.05, 4.69) is 25.9 Å². The van der Waals surface area contributed by atoms with Crippen molar-refractivity contribution in [2.45, 2.75) is 39.5 Å². The maximum absolute atomic E-state index is 12.0. The maximum atomic E-state index is 12.0. The van der Waals surface area contributed by atoms with Crippen LogP contribution >= 0.6 is 0 Å². The van der Waals surface area contributed by atoms with Crippen LogP contribution in [-0.2, 0) is 11.8 Å². The van der Waals surface area contributed by atoms with Crippen LogP contribution < -0.4 is 5.73 Å². The Balaban J connectivity index is 2.37. The summed E-state index contributed by atoms with van der Waals surface area (Å²) in [7, 11) is 0. The molecular formula is C20H23N3O2. The van der Waals surface area contributed by atoms with Gasteiger partial charge in [0.05, 0.1) is 16.9 Å². The molecule has 0 radical (unpaired) electrons. The molecule has 25 heavy (non-hydrogen) atoms. The SMILES string of the molecule is CCc1c(-n2nc(C(C)(C)C)cc2N)cc2ccccc2c1C(=O)O. The number of aromatic carboxylic acids is 1. The lowest BCUT2D eigenvalue weighted by atomic mass is 9.92. The van der Waals surface area contributed by atoms with E-state index in [0.29, 0.717) is 17.8 Å². The van der Waals surface area contributed by atoms with E-state index in [-0.39, 0.29) is 5.41 Å². The molecule has 0 aliphatic rings. The number of nitrogen functional groups attached to an aromatic ring is 1. The lowest BCUT2D eigenvalue weighted by Crippen LogP contribution is -2.14. The van der Waals surface area contributed by atoms with E-state index in [1.165, 1.54) is 0 Å². The van der Waals surface area contributed by atoms with Crippen molar-refractivity contribution < 1.29 is 9.90 Å². The molecule has 0 aliphatic carbocycles. The van der Waals surface area contributed by atoms with Crippen molar-refractivity contribution in [3.63, 3.8) is 0 Å². The fraction of sp³-hybridized carbons (Fsp3) is 0.300. The number of carbonyl (C=O) groups is 1. The summed E-state index contributed by atoms with van der Waals surface area (Å²) < 4.78 is 1.66. The molecule has 2 aromatic carbocycles. The first-order valence-electron chi connectivity index (χ1n) is 8.38. The fourth-order valence-corrected chi connectivity index (χ4v) is 3.12. The van der Waals surface area contributed by atoms with Crippen molar-refractivity contribution in [3.05, 3.63) is 53.2 Å². The molecule has 0 bridgehead atoms. The van der Waals surface area contributed by atoms with Crippen LogP contribution in [0.2, 0.25) is 0 Å². The van der Waals surface area contributed by atoms with Crippen molar-refractivity contribution >= 4 is 22.6 Å². The van der Waals surface area contributed by atoms with Gasteiger partial charge < -0.3 is 10.8 Å². The number of carboxylic acid groups (broad SMARTS) is 1. The first-order chi connectivity index (χ1) is 11.7. The van der Waals surface area contributed by atoms with Crippen molar-refractivity contribution in [1.82, 2.24) is 9.78 Å². The molecule has 5 heteroatoms. The molecule has 1 heterocycles. The molecule has 0 amide bonds. The summed E-state index contributed by atoms with van der Waals surface area (Å²) in [5, 5.41) is 16.1. The van der Waals surface area contributed by atoms with E-state index in [1.807, 2.05) is 43.3 Å². The van der Waals surface area contributed by atoms with Gasteiger partial charge in [0, 0.05) is 11.5 Å². The number of benzene rings is 2. The van der Waals surface area contributed by atoms with Gasteiger partial charge in [-0.1, -0.05) is 52.0 Å². The molecule has 0 saturated carbocycles. The minimum Gasteiger partial charge on any atom is -0.478 e. The number of hydrogen-bond donors (Lipinski definition) is 2. The fourth-order valence-electron chi connectivity index (χ4n) is 3.12. The third kappa shape index (κ3) is 2.86. The quantitative estimate of drug-likeness (QED) is 0.752. The van der Waals surface area contributed by atoms with Crippen molar-refractivity contribution in [3.8, 4) is 5.69 Å². The van der Waals surface area contributed by atoms with Gasteiger partial charge >= 0.3 is 5.97 Å². The smallest absolute Gasteiger partial charge is 0.336 e. The highest BCUT2D eigenvalue weighted by molar-refractivity contribution is 6.06. The van der Waals surface area contributed by atoms with Gasteiger partial charge in [0.2, 0.25) is 0 Å². The van der Waals surface area contributed by atoms with Gasteiger partial charge in [0.15, 0.2) is 0 Å². The second-order valence-electron chi connectivity index (χ2n) is 7.25. The highest BCUT2D eigenvalue weighted by Crippen LogP contribution is 2.32. The standard InChI is InChI=1S/C20H23N3O2/c1-5-13-15(23-17(21)11-16(22-23)20(2,3)4)10-12-8-6-7-9-14(12)18(13)19(24)25/h6-11H,5,21H2,1-4H3,(H,24,25). The molecule has 3 N–H and O–H groups in total. The summed E-state index contributed by atoms with van der Waals surface area (Å²) in [6, 6.07) is 11.3. The minimum absolute atomic E-state index is 0.141. The lowest BCUT2D eigenvalue weighted by molar-refractivity contribution is 0.0698. The third-order valence-electron chi connectivity index (χ3n) is 4.43. The molecule has 0 aliphatic heterocycles. The molecule has 1 aromatic heterocycles. The second-order valence-corrected chi connectivity index (χ2v) is 7.25. The van der Waals surface area contributed by atoms with E-state index < -0.39 is 5.97 Å². The zero-order chi connectivity index (χ0) is 18.4. The number of nitrogens with two attached hydrogens (primary N) is 1. The predicted octanol–water partition coefficient (Wildman–Crippen LogP) is 4.17. The minimum atomic E-state index is -0.934. The van der Waals surface area contributed by atoms with Gasteiger partial charge in [-0.3, -0.25) is 0 Å². The molecule has 5 nitrogen and oxygen atoms in total. The summed E-state index contributed by atoms with van der Waals surface area (Å²) in [6.07, 6.45) is 0.575. The Labute approximate surface area is 147 Å². The Hall–Kier alpha value is -2.82. The summed E-state index contributed by atoms with van der Waals surface area (Å²) >= 11 is 0. The van der Waals surface area contributed by atoms with Gasteiger partial charge in [0.1, 0.15) is 5.82 Å². The predicted molar refractivity (Wildman–Crippen MR) is 101 cm³/mol. The van der Waals surface area contributed by atoms with Crippen LogP contribution in [0.3, 0.4) is 0 Å². The Morgan fingerprint density at radius 1 is 1.24 bits per heavy atom. The van der Waals surface area contributed by atoms with Gasteiger partial charge in [-0.2, -0.15) is 5.10 Å². The van der Waals surface area contributed by atoms with Crippen molar-refractivity contribution in [2.24, 2.45) is 0 Å². The molecular weight excluding hydrogens is 314 g/mol. The Morgan fingerprint density at radius 2 is 1.92 bits per heavy atom. The number of aromatic nitrogens is 2. The Kier molecular flexibility index (Phi) is 4.03. The van der Waals surface area contributed by atoms with Crippen LogP contribution in [-0.4, -0.2) is 20.9 Å². The third-order valence-corrected chi connectivity index (χ3v) is 4.43. The van der Waals surface area contributed by atoms with E-state index in [9.17, 15) is 9.90 Å². The van der Waals surface area contributed by atoms with Gasteiger partial charge in [-0.15, -0.1) is 0 Å². The molecule has 0 spiro atoms. The van der Waals surface area contributed by atoms with Crippen LogP contribution in [0.25, 0.3) is 16.5 Å². The lowest BCUT2D eigenvalue weighted by Gasteiger charge is -2.17. The van der Waals surface area contributed by atoms with Gasteiger partial charge in [-0.05, 0) is 28.8 Å². The number of anilines is 1. The molecule has 0 atom stereocenters. The van der Waals surface area contributed by atoms with Gasteiger partial charge in [-0.25, -0.2) is 9.48 Å². The van der Waals surface area contributed by atoms with Crippen LogP contribution in [0.1, 0.15) is 49.3 Å². The van der Waals surface area contributed by atoms with Crippen molar-refractivity contribution in [2.75, 3.05) is 5.73 Å². The number of hydrogen-bond acceptors (Lipinski definition) is 3. The largest absolute Gasteiger partial charge is 0.478 e. The number of rotatable bonds is 3. The Bertz CT molecular complexity index is 965. The summed E-state index contributed by atoms with van der Waals surface area (Å²) in [5.74, 6) is -0.428. The average Bonchev–Trinajstić information content (AvgIpc) is 2.94. The zero-order valence-electron chi connectivity index (χ0n) is 15.0. The van der Waals surface area contributed by atoms with Crippen LogP contribution in [0, 0.1) is 0 Å². The summed E-state index contributed by atoms with van der Waals surface area (Å²) in [4.78, 5) is 12.0. The molecule has 3 aromatic rings. The molecule has 0 saturated heterocycles. The first kappa shape index (κ1) is 17.0. The van der Waals surface area contributed by atoms with E-state index >= 15 is 0 Å². The molecule has 0 unspecified atom stereocenters. The monoisotopic (exact) mass is 337 g/mol. The molecule has 130 valence electrons. The summed E-state index contributed by atoms with van der Waals surface area (Å²) in [6.45, 7) is 8.17. The maximum Gasteiger partial charge on any atom is 0.336 e. The van der Waals surface area contributed by atoms with E-state index in [0.717, 1.165) is 27.7 Å². The topological polar surface area (TPSA) is 81.1 Å². The normalized spacial score (nSPS) is 11.8.